The number of halogens is 3. The molecule has 0 fully saturated rings. The van der Waals surface area contributed by atoms with Crippen molar-refractivity contribution < 1.29 is 13.2 Å². The fraction of sp³-hybridized carbons (Fsp3) is 0.0833. The quantitative estimate of drug-likeness (QED) is 0.650. The number of benzene rings is 1. The van der Waals surface area contributed by atoms with Crippen LogP contribution >= 0.6 is 0 Å². The van der Waals surface area contributed by atoms with Gasteiger partial charge in [-0.25, -0.2) is 18.6 Å². The van der Waals surface area contributed by atoms with Crippen molar-refractivity contribution in [2.75, 3.05) is 0 Å². The maximum atomic E-state index is 13.6. The van der Waals surface area contributed by atoms with E-state index in [9.17, 15) is 13.2 Å². The molecule has 94 valence electrons. The predicted octanol–water partition coefficient (Wildman–Crippen LogP) is 2.05. The summed E-state index contributed by atoms with van der Waals surface area (Å²) in [5.74, 6) is 3.30. The highest BCUT2D eigenvalue weighted by molar-refractivity contribution is 5.30. The fourth-order valence-corrected chi connectivity index (χ4v) is 1.66. The first-order chi connectivity index (χ1) is 8.63. The SMILES string of the molecule is NNC(c1cc(F)ccc1F)c1ncccc1F. The van der Waals surface area contributed by atoms with E-state index in [1.54, 1.807) is 0 Å². The van der Waals surface area contributed by atoms with Crippen LogP contribution in [0.5, 0.6) is 0 Å². The number of hydrogen-bond acceptors (Lipinski definition) is 3. The fourth-order valence-electron chi connectivity index (χ4n) is 1.66. The molecule has 0 amide bonds. The molecule has 1 aromatic carbocycles. The third kappa shape index (κ3) is 2.34. The van der Waals surface area contributed by atoms with Crippen LogP contribution in [0.3, 0.4) is 0 Å². The predicted molar refractivity (Wildman–Crippen MR) is 59.7 cm³/mol. The van der Waals surface area contributed by atoms with Crippen LogP contribution in [0.25, 0.3) is 0 Å². The van der Waals surface area contributed by atoms with Crippen molar-refractivity contribution >= 4 is 0 Å². The summed E-state index contributed by atoms with van der Waals surface area (Å²) in [6, 6.07) is 4.39. The lowest BCUT2D eigenvalue weighted by Crippen LogP contribution is -2.31. The molecule has 1 heterocycles. The molecule has 0 radical (unpaired) electrons. The first-order valence-electron chi connectivity index (χ1n) is 5.15. The Hall–Kier alpha value is -1.92. The minimum atomic E-state index is -1.05. The number of hydrogen-bond donors (Lipinski definition) is 2. The van der Waals surface area contributed by atoms with Crippen LogP contribution in [-0.2, 0) is 0 Å². The summed E-state index contributed by atoms with van der Waals surface area (Å²) < 4.78 is 40.3. The van der Waals surface area contributed by atoms with E-state index < -0.39 is 23.5 Å². The maximum Gasteiger partial charge on any atom is 0.146 e. The van der Waals surface area contributed by atoms with E-state index in [1.165, 1.54) is 18.3 Å². The zero-order valence-electron chi connectivity index (χ0n) is 9.20. The van der Waals surface area contributed by atoms with E-state index in [1.807, 2.05) is 0 Å². The molecule has 0 aliphatic heterocycles. The largest absolute Gasteiger partial charge is 0.271 e. The van der Waals surface area contributed by atoms with Gasteiger partial charge in [0.25, 0.3) is 0 Å². The summed E-state index contributed by atoms with van der Waals surface area (Å²) in [4.78, 5) is 3.79. The summed E-state index contributed by atoms with van der Waals surface area (Å²) in [5, 5.41) is 0. The Morgan fingerprint density at radius 3 is 2.56 bits per heavy atom. The zero-order valence-corrected chi connectivity index (χ0v) is 9.20. The smallest absolute Gasteiger partial charge is 0.146 e. The normalized spacial score (nSPS) is 12.4. The molecule has 1 atom stereocenters. The first-order valence-corrected chi connectivity index (χ1v) is 5.15. The molecule has 3 nitrogen and oxygen atoms in total. The van der Waals surface area contributed by atoms with Crippen LogP contribution in [0.15, 0.2) is 36.5 Å². The van der Waals surface area contributed by atoms with Gasteiger partial charge in [0.05, 0.1) is 11.7 Å². The van der Waals surface area contributed by atoms with Gasteiger partial charge in [-0.3, -0.25) is 10.8 Å². The third-order valence-electron chi connectivity index (χ3n) is 2.50. The Morgan fingerprint density at radius 1 is 1.11 bits per heavy atom. The molecule has 0 saturated carbocycles. The van der Waals surface area contributed by atoms with Crippen LogP contribution in [0.2, 0.25) is 0 Å². The Bertz CT molecular complexity index is 560. The Morgan fingerprint density at radius 2 is 1.89 bits per heavy atom. The second kappa shape index (κ2) is 5.16. The van der Waals surface area contributed by atoms with Crippen LogP contribution in [0.4, 0.5) is 13.2 Å². The van der Waals surface area contributed by atoms with Crippen molar-refractivity contribution in [2.24, 2.45) is 5.84 Å². The molecule has 2 aromatic rings. The lowest BCUT2D eigenvalue weighted by atomic mass is 10.0. The van der Waals surface area contributed by atoms with Crippen LogP contribution < -0.4 is 11.3 Å². The topological polar surface area (TPSA) is 50.9 Å². The van der Waals surface area contributed by atoms with Crippen molar-refractivity contribution in [1.82, 2.24) is 10.4 Å². The molecule has 0 bridgehead atoms. The number of rotatable bonds is 3. The van der Waals surface area contributed by atoms with Gasteiger partial charge in [-0.15, -0.1) is 0 Å². The summed E-state index contributed by atoms with van der Waals surface area (Å²) in [7, 11) is 0. The lowest BCUT2D eigenvalue weighted by Gasteiger charge is -2.17. The molecule has 0 aliphatic rings. The van der Waals surface area contributed by atoms with Crippen molar-refractivity contribution in [2.45, 2.75) is 6.04 Å². The number of nitrogens with one attached hydrogen (secondary N) is 1. The molecule has 18 heavy (non-hydrogen) atoms. The van der Waals surface area contributed by atoms with E-state index in [0.29, 0.717) is 0 Å². The number of pyridine rings is 1. The minimum absolute atomic E-state index is 0.0931. The number of nitrogens with two attached hydrogens (primary N) is 1. The van der Waals surface area contributed by atoms with E-state index in [0.717, 1.165) is 18.2 Å². The van der Waals surface area contributed by atoms with Gasteiger partial charge in [0.1, 0.15) is 17.5 Å². The molecule has 3 N–H and O–H groups in total. The molecule has 6 heteroatoms. The van der Waals surface area contributed by atoms with Crippen LogP contribution in [0, 0.1) is 17.5 Å². The van der Waals surface area contributed by atoms with E-state index in [4.69, 9.17) is 5.84 Å². The number of hydrazine groups is 1. The molecule has 2 rings (SSSR count). The zero-order chi connectivity index (χ0) is 13.1. The Labute approximate surface area is 101 Å². The molecule has 0 aliphatic carbocycles. The summed E-state index contributed by atoms with van der Waals surface area (Å²) in [6.07, 6.45) is 1.35. The molecule has 0 spiro atoms. The average Bonchev–Trinajstić information content (AvgIpc) is 2.36. The number of aromatic nitrogens is 1. The highest BCUT2D eigenvalue weighted by Crippen LogP contribution is 2.24. The summed E-state index contributed by atoms with van der Waals surface area (Å²) >= 11 is 0. The lowest BCUT2D eigenvalue weighted by molar-refractivity contribution is 0.512. The van der Waals surface area contributed by atoms with E-state index in [-0.39, 0.29) is 11.3 Å². The van der Waals surface area contributed by atoms with Crippen molar-refractivity contribution in [1.29, 1.82) is 0 Å². The molecule has 0 saturated heterocycles. The Kier molecular flexibility index (Phi) is 3.59. The van der Waals surface area contributed by atoms with Crippen molar-refractivity contribution in [3.63, 3.8) is 0 Å². The van der Waals surface area contributed by atoms with Crippen molar-refractivity contribution in [3.05, 3.63) is 65.2 Å². The third-order valence-corrected chi connectivity index (χ3v) is 2.50. The maximum absolute atomic E-state index is 13.6. The van der Waals surface area contributed by atoms with Gasteiger partial charge >= 0.3 is 0 Å². The van der Waals surface area contributed by atoms with Crippen LogP contribution in [-0.4, -0.2) is 4.98 Å². The highest BCUT2D eigenvalue weighted by Gasteiger charge is 2.21. The van der Waals surface area contributed by atoms with Gasteiger partial charge < -0.3 is 0 Å². The van der Waals surface area contributed by atoms with Crippen molar-refractivity contribution in [3.8, 4) is 0 Å². The summed E-state index contributed by atoms with van der Waals surface area (Å²) in [6.45, 7) is 0. The monoisotopic (exact) mass is 253 g/mol. The number of nitrogens with zero attached hydrogens (tertiary/aromatic N) is 1. The van der Waals surface area contributed by atoms with Gasteiger partial charge in [-0.05, 0) is 30.3 Å². The van der Waals surface area contributed by atoms with Gasteiger partial charge in [-0.2, -0.15) is 0 Å². The molecular formula is C12H10F3N3. The highest BCUT2D eigenvalue weighted by atomic mass is 19.1. The van der Waals surface area contributed by atoms with Gasteiger partial charge in [0, 0.05) is 11.8 Å². The molecule has 1 aromatic heterocycles. The molecular weight excluding hydrogens is 243 g/mol. The van der Waals surface area contributed by atoms with Gasteiger partial charge in [-0.1, -0.05) is 0 Å². The van der Waals surface area contributed by atoms with E-state index in [2.05, 4.69) is 10.4 Å². The van der Waals surface area contributed by atoms with Crippen LogP contribution in [0.1, 0.15) is 17.3 Å². The second-order valence-electron chi connectivity index (χ2n) is 3.64. The van der Waals surface area contributed by atoms with Gasteiger partial charge in [0.2, 0.25) is 0 Å². The molecule has 1 unspecified atom stereocenters. The minimum Gasteiger partial charge on any atom is -0.271 e. The van der Waals surface area contributed by atoms with E-state index >= 15 is 0 Å². The average molecular weight is 253 g/mol. The first kappa shape index (κ1) is 12.5. The summed E-state index contributed by atoms with van der Waals surface area (Å²) in [5.41, 5.74) is 2.04. The Balaban J connectivity index is 2.52. The standard InChI is InChI=1S/C12H10F3N3/c13-7-3-4-9(14)8(6-7)11(18-16)12-10(15)2-1-5-17-12/h1-6,11,18H,16H2. The van der Waals surface area contributed by atoms with Gasteiger partial charge in [0.15, 0.2) is 0 Å². The second-order valence-corrected chi connectivity index (χ2v) is 3.64.